The number of aliphatic imine (C=N–C) groups is 1. The van der Waals surface area contributed by atoms with Gasteiger partial charge >= 0.3 is 0 Å². The lowest BCUT2D eigenvalue weighted by molar-refractivity contribution is 0.0176. The van der Waals surface area contributed by atoms with Crippen molar-refractivity contribution in [3.63, 3.8) is 0 Å². The molecule has 3 rings (SSSR count). The molecule has 0 bridgehead atoms. The highest BCUT2D eigenvalue weighted by Crippen LogP contribution is 2.56. The van der Waals surface area contributed by atoms with E-state index in [2.05, 4.69) is 20.9 Å². The van der Waals surface area contributed by atoms with Crippen molar-refractivity contribution in [2.24, 2.45) is 16.6 Å². The molecule has 7 heteroatoms. The SMILES string of the molecule is NC1=N[C@@](c2cc(Br)ccc2F)(C(F)F)[C@H]2CC2O1. The van der Waals surface area contributed by atoms with Crippen molar-refractivity contribution in [1.29, 1.82) is 0 Å². The third kappa shape index (κ3) is 1.82. The average molecular weight is 335 g/mol. The Morgan fingerprint density at radius 1 is 1.47 bits per heavy atom. The number of fused-ring (bicyclic) bond motifs is 1. The van der Waals surface area contributed by atoms with Gasteiger partial charge in [-0.15, -0.1) is 0 Å². The Labute approximate surface area is 115 Å². The van der Waals surface area contributed by atoms with Crippen molar-refractivity contribution < 1.29 is 17.9 Å². The maximum Gasteiger partial charge on any atom is 0.283 e. The molecule has 1 aromatic carbocycles. The number of amidine groups is 1. The number of alkyl halides is 2. The molecular weight excluding hydrogens is 325 g/mol. The topological polar surface area (TPSA) is 47.6 Å². The Kier molecular flexibility index (Phi) is 2.78. The van der Waals surface area contributed by atoms with Gasteiger partial charge in [0.05, 0.1) is 0 Å². The van der Waals surface area contributed by atoms with Crippen LogP contribution in [-0.4, -0.2) is 18.6 Å². The van der Waals surface area contributed by atoms with Gasteiger partial charge in [0.2, 0.25) is 0 Å². The first kappa shape index (κ1) is 12.8. The largest absolute Gasteiger partial charge is 0.462 e. The number of halogens is 4. The minimum Gasteiger partial charge on any atom is -0.462 e. The highest BCUT2D eigenvalue weighted by molar-refractivity contribution is 9.10. The van der Waals surface area contributed by atoms with Gasteiger partial charge in [0.15, 0.2) is 5.54 Å². The van der Waals surface area contributed by atoms with Crippen LogP contribution >= 0.6 is 15.9 Å². The summed E-state index contributed by atoms with van der Waals surface area (Å²) in [6, 6.07) is 3.62. The maximum atomic E-state index is 14.0. The molecular formula is C12H10BrF3N2O. The number of benzene rings is 1. The fourth-order valence-corrected chi connectivity index (χ4v) is 2.97. The summed E-state index contributed by atoms with van der Waals surface area (Å²) in [6.45, 7) is 0. The lowest BCUT2D eigenvalue weighted by atomic mass is 9.85. The maximum absolute atomic E-state index is 14.0. The van der Waals surface area contributed by atoms with Crippen molar-refractivity contribution in [2.45, 2.75) is 24.5 Å². The second kappa shape index (κ2) is 4.13. The number of ether oxygens (including phenoxy) is 1. The summed E-state index contributed by atoms with van der Waals surface area (Å²) in [5.41, 5.74) is 3.36. The van der Waals surface area contributed by atoms with Crippen molar-refractivity contribution in [2.75, 3.05) is 0 Å². The molecule has 0 spiro atoms. The third-order valence-electron chi connectivity index (χ3n) is 3.56. The van der Waals surface area contributed by atoms with E-state index in [0.717, 1.165) is 6.07 Å². The molecule has 3 nitrogen and oxygen atoms in total. The van der Waals surface area contributed by atoms with E-state index in [1.165, 1.54) is 12.1 Å². The van der Waals surface area contributed by atoms with E-state index < -0.39 is 29.8 Å². The number of nitrogens with two attached hydrogens (primary N) is 1. The summed E-state index contributed by atoms with van der Waals surface area (Å²) in [6.07, 6.45) is -2.85. The molecule has 1 fully saturated rings. The minimum atomic E-state index is -2.85. The zero-order valence-corrected chi connectivity index (χ0v) is 11.2. The highest BCUT2D eigenvalue weighted by atomic mass is 79.9. The van der Waals surface area contributed by atoms with Crippen LogP contribution in [0.25, 0.3) is 0 Å². The standard InChI is InChI=1S/C12H10BrF3N2O/c13-5-1-2-8(14)6(3-5)12(10(15)16)7-4-9(7)19-11(17)18-12/h1-3,7,9-10H,4H2,(H2,17,18)/t7-,9?,12+/m0/s1. The summed E-state index contributed by atoms with van der Waals surface area (Å²) in [5.74, 6) is -1.25. The van der Waals surface area contributed by atoms with Gasteiger partial charge in [-0.2, -0.15) is 0 Å². The van der Waals surface area contributed by atoms with Gasteiger partial charge in [-0.25, -0.2) is 18.2 Å². The van der Waals surface area contributed by atoms with Crippen LogP contribution in [0.3, 0.4) is 0 Å². The monoisotopic (exact) mass is 334 g/mol. The molecule has 19 heavy (non-hydrogen) atoms. The third-order valence-corrected chi connectivity index (χ3v) is 4.05. The van der Waals surface area contributed by atoms with Gasteiger partial charge in [-0.3, -0.25) is 0 Å². The van der Waals surface area contributed by atoms with Crippen LogP contribution in [0, 0.1) is 11.7 Å². The van der Waals surface area contributed by atoms with Crippen LogP contribution in [0.4, 0.5) is 13.2 Å². The van der Waals surface area contributed by atoms with Crippen LogP contribution < -0.4 is 5.73 Å². The zero-order chi connectivity index (χ0) is 13.8. The Hall–Kier alpha value is -1.24. The van der Waals surface area contributed by atoms with Crippen molar-refractivity contribution in [3.05, 3.63) is 34.1 Å². The Morgan fingerprint density at radius 2 is 2.21 bits per heavy atom. The van der Waals surface area contributed by atoms with Crippen LogP contribution in [-0.2, 0) is 10.3 Å². The summed E-state index contributed by atoms with van der Waals surface area (Å²) < 4.78 is 46.9. The predicted molar refractivity (Wildman–Crippen MR) is 66.4 cm³/mol. The van der Waals surface area contributed by atoms with Crippen molar-refractivity contribution in [3.8, 4) is 0 Å². The van der Waals surface area contributed by atoms with Gasteiger partial charge < -0.3 is 10.5 Å². The predicted octanol–water partition coefficient (Wildman–Crippen LogP) is 2.78. The molecule has 0 amide bonds. The summed E-state index contributed by atoms with van der Waals surface area (Å²) >= 11 is 3.16. The average Bonchev–Trinajstić information content (AvgIpc) is 3.10. The van der Waals surface area contributed by atoms with Crippen LogP contribution in [0.15, 0.2) is 27.7 Å². The Morgan fingerprint density at radius 3 is 2.89 bits per heavy atom. The lowest BCUT2D eigenvalue weighted by Gasteiger charge is -2.33. The lowest BCUT2D eigenvalue weighted by Crippen LogP contribution is -2.43. The molecule has 1 aliphatic carbocycles. The van der Waals surface area contributed by atoms with E-state index in [4.69, 9.17) is 10.5 Å². The summed E-state index contributed by atoms with van der Waals surface area (Å²) in [4.78, 5) is 3.77. The Bertz CT molecular complexity index is 566. The minimum absolute atomic E-state index is 0.143. The molecule has 1 saturated carbocycles. The molecule has 1 aliphatic heterocycles. The van der Waals surface area contributed by atoms with E-state index in [1.54, 1.807) is 0 Å². The van der Waals surface area contributed by atoms with Gasteiger partial charge in [-0.1, -0.05) is 15.9 Å². The number of hydrogen-bond acceptors (Lipinski definition) is 3. The van der Waals surface area contributed by atoms with Crippen LogP contribution in [0.1, 0.15) is 12.0 Å². The van der Waals surface area contributed by atoms with E-state index in [-0.39, 0.29) is 11.6 Å². The first-order valence-corrected chi connectivity index (χ1v) is 6.50. The second-order valence-electron chi connectivity index (χ2n) is 4.70. The zero-order valence-electron chi connectivity index (χ0n) is 9.62. The smallest absolute Gasteiger partial charge is 0.283 e. The summed E-state index contributed by atoms with van der Waals surface area (Å²) in [5, 5.41) is 0. The molecule has 1 heterocycles. The van der Waals surface area contributed by atoms with E-state index in [0.29, 0.717) is 10.9 Å². The van der Waals surface area contributed by atoms with Crippen LogP contribution in [0.2, 0.25) is 0 Å². The van der Waals surface area contributed by atoms with Gasteiger partial charge in [0.1, 0.15) is 11.9 Å². The Balaban J connectivity index is 2.21. The fourth-order valence-electron chi connectivity index (χ4n) is 2.60. The van der Waals surface area contributed by atoms with Crippen molar-refractivity contribution >= 4 is 22.0 Å². The number of hydrogen-bond donors (Lipinski definition) is 1. The normalized spacial score (nSPS) is 32.6. The van der Waals surface area contributed by atoms with E-state index in [1.807, 2.05) is 0 Å². The van der Waals surface area contributed by atoms with E-state index in [9.17, 15) is 13.2 Å². The quantitative estimate of drug-likeness (QED) is 0.904. The first-order chi connectivity index (χ1) is 8.95. The number of rotatable bonds is 2. The first-order valence-electron chi connectivity index (χ1n) is 5.71. The molecule has 3 atom stereocenters. The fraction of sp³-hybridized carbons (Fsp3) is 0.417. The number of nitrogens with zero attached hydrogens (tertiary/aromatic N) is 1. The second-order valence-corrected chi connectivity index (χ2v) is 5.61. The molecule has 0 aromatic heterocycles. The molecule has 102 valence electrons. The highest BCUT2D eigenvalue weighted by Gasteiger charge is 2.64. The van der Waals surface area contributed by atoms with Crippen LogP contribution in [0.5, 0.6) is 0 Å². The molecule has 0 saturated heterocycles. The molecule has 1 aromatic rings. The summed E-state index contributed by atoms with van der Waals surface area (Å²) in [7, 11) is 0. The van der Waals surface area contributed by atoms with E-state index >= 15 is 0 Å². The molecule has 2 aliphatic rings. The van der Waals surface area contributed by atoms with Gasteiger partial charge in [0, 0.05) is 16.0 Å². The molecule has 0 radical (unpaired) electrons. The van der Waals surface area contributed by atoms with Crippen molar-refractivity contribution in [1.82, 2.24) is 0 Å². The van der Waals surface area contributed by atoms with Gasteiger partial charge in [0.25, 0.3) is 12.4 Å². The molecule has 1 unspecified atom stereocenters. The van der Waals surface area contributed by atoms with Gasteiger partial charge in [-0.05, 0) is 24.6 Å². The molecule has 2 N–H and O–H groups in total.